The van der Waals surface area contributed by atoms with E-state index in [2.05, 4.69) is 5.32 Å². The third kappa shape index (κ3) is 3.85. The zero-order valence-corrected chi connectivity index (χ0v) is 15.0. The van der Waals surface area contributed by atoms with Crippen LogP contribution in [0, 0.1) is 0 Å². The summed E-state index contributed by atoms with van der Waals surface area (Å²) in [6.07, 6.45) is 1.36. The second-order valence-electron chi connectivity index (χ2n) is 6.15. The first-order valence-electron chi connectivity index (χ1n) is 8.47. The fraction of sp³-hybridized carbons (Fsp3) is 0.316. The number of sulfonamides is 1. The van der Waals surface area contributed by atoms with E-state index in [4.69, 9.17) is 0 Å². The van der Waals surface area contributed by atoms with Gasteiger partial charge in [-0.2, -0.15) is 0 Å². The lowest BCUT2D eigenvalue weighted by molar-refractivity contribution is -0.117. The fourth-order valence-corrected chi connectivity index (χ4v) is 4.69. The molecule has 1 saturated heterocycles. The van der Waals surface area contributed by atoms with Gasteiger partial charge in [0.1, 0.15) is 0 Å². The molecule has 1 aliphatic heterocycles. The molecular weight excluding hydrogens is 336 g/mol. The van der Waals surface area contributed by atoms with Crippen LogP contribution in [0.5, 0.6) is 0 Å². The monoisotopic (exact) mass is 358 g/mol. The van der Waals surface area contributed by atoms with E-state index in [1.54, 1.807) is 24.3 Å². The van der Waals surface area contributed by atoms with Crippen LogP contribution in [0.2, 0.25) is 0 Å². The molecule has 1 heterocycles. The summed E-state index contributed by atoms with van der Waals surface area (Å²) >= 11 is 0. The normalized spacial score (nSPS) is 17.2. The van der Waals surface area contributed by atoms with Crippen molar-refractivity contribution < 1.29 is 13.2 Å². The van der Waals surface area contributed by atoms with Gasteiger partial charge in [0, 0.05) is 12.2 Å². The molecule has 5 nitrogen and oxygen atoms in total. The number of amides is 1. The van der Waals surface area contributed by atoms with E-state index < -0.39 is 10.0 Å². The molecule has 0 saturated carbocycles. The largest absolute Gasteiger partial charge is 0.326 e. The van der Waals surface area contributed by atoms with Crippen LogP contribution in [0.3, 0.4) is 0 Å². The second-order valence-corrected chi connectivity index (χ2v) is 8.16. The van der Waals surface area contributed by atoms with Crippen molar-refractivity contribution in [1.29, 1.82) is 0 Å². The molecule has 0 aliphatic carbocycles. The van der Waals surface area contributed by atoms with Crippen molar-refractivity contribution in [3.05, 3.63) is 60.2 Å². The van der Waals surface area contributed by atoms with Crippen molar-refractivity contribution in [2.75, 3.05) is 21.9 Å². The Morgan fingerprint density at radius 1 is 1.12 bits per heavy atom. The van der Waals surface area contributed by atoms with E-state index in [9.17, 15) is 13.2 Å². The van der Waals surface area contributed by atoms with E-state index in [0.29, 0.717) is 30.8 Å². The average molecular weight is 358 g/mol. The molecule has 0 spiro atoms. The van der Waals surface area contributed by atoms with Gasteiger partial charge in [-0.1, -0.05) is 37.3 Å². The maximum absolute atomic E-state index is 12.6. The van der Waals surface area contributed by atoms with Gasteiger partial charge in [0.15, 0.2) is 0 Å². The average Bonchev–Trinajstić information content (AvgIpc) is 2.96. The summed E-state index contributed by atoms with van der Waals surface area (Å²) in [4.78, 5) is 12.6. The lowest BCUT2D eigenvalue weighted by Gasteiger charge is -2.18. The summed E-state index contributed by atoms with van der Waals surface area (Å²) in [6.45, 7) is 2.50. The number of rotatable bonds is 5. The summed E-state index contributed by atoms with van der Waals surface area (Å²) < 4.78 is 25.4. The molecule has 0 radical (unpaired) electrons. The third-order valence-electron chi connectivity index (χ3n) is 4.45. The Morgan fingerprint density at radius 3 is 2.36 bits per heavy atom. The maximum Gasteiger partial charge on any atom is 0.235 e. The minimum Gasteiger partial charge on any atom is -0.326 e. The van der Waals surface area contributed by atoms with Gasteiger partial charge in [-0.05, 0) is 42.7 Å². The van der Waals surface area contributed by atoms with Gasteiger partial charge in [0.05, 0.1) is 17.4 Å². The lowest BCUT2D eigenvalue weighted by Crippen LogP contribution is -2.25. The standard InChI is InChI=1S/C19H22N2O3S/c1-2-18(15-7-4-3-5-8-15)19(22)20-16-9-11-17(12-10-16)21-13-6-14-25(21,23)24/h3-5,7-12,18H,2,6,13-14H2,1H3,(H,20,22)/t18-/m1/s1. The van der Waals surface area contributed by atoms with Crippen LogP contribution in [0.25, 0.3) is 0 Å². The Hall–Kier alpha value is -2.34. The van der Waals surface area contributed by atoms with Crippen molar-refractivity contribution in [1.82, 2.24) is 0 Å². The SMILES string of the molecule is CC[C@@H](C(=O)Nc1ccc(N2CCCS2(=O)=O)cc1)c1ccccc1. The van der Waals surface area contributed by atoms with E-state index in [0.717, 1.165) is 5.56 Å². The van der Waals surface area contributed by atoms with Crippen molar-refractivity contribution in [2.24, 2.45) is 0 Å². The van der Waals surface area contributed by atoms with E-state index in [-0.39, 0.29) is 17.6 Å². The summed E-state index contributed by atoms with van der Waals surface area (Å²) in [6, 6.07) is 16.7. The Bertz CT molecular complexity index is 833. The zero-order valence-electron chi connectivity index (χ0n) is 14.2. The first kappa shape index (κ1) is 17.5. The van der Waals surface area contributed by atoms with Gasteiger partial charge in [0.25, 0.3) is 0 Å². The molecule has 1 fully saturated rings. The number of nitrogens with one attached hydrogen (secondary N) is 1. The first-order chi connectivity index (χ1) is 12.0. The smallest absolute Gasteiger partial charge is 0.235 e. The number of nitrogens with zero attached hydrogens (tertiary/aromatic N) is 1. The van der Waals surface area contributed by atoms with Gasteiger partial charge in [0.2, 0.25) is 15.9 Å². The lowest BCUT2D eigenvalue weighted by atomic mass is 9.95. The number of carbonyl (C=O) groups is 1. The molecule has 25 heavy (non-hydrogen) atoms. The van der Waals surface area contributed by atoms with Crippen LogP contribution in [-0.4, -0.2) is 26.6 Å². The van der Waals surface area contributed by atoms with Gasteiger partial charge in [-0.3, -0.25) is 9.10 Å². The summed E-state index contributed by atoms with van der Waals surface area (Å²) in [5.74, 6) is -0.0733. The van der Waals surface area contributed by atoms with Gasteiger partial charge in [-0.25, -0.2) is 8.42 Å². The van der Waals surface area contributed by atoms with Gasteiger partial charge in [-0.15, -0.1) is 0 Å². The van der Waals surface area contributed by atoms with Crippen LogP contribution in [0.1, 0.15) is 31.2 Å². The number of hydrogen-bond donors (Lipinski definition) is 1. The molecule has 0 bridgehead atoms. The van der Waals surface area contributed by atoms with Gasteiger partial charge >= 0.3 is 0 Å². The first-order valence-corrected chi connectivity index (χ1v) is 10.1. The van der Waals surface area contributed by atoms with Crippen molar-refractivity contribution >= 4 is 27.3 Å². The highest BCUT2D eigenvalue weighted by Crippen LogP contribution is 2.26. The van der Waals surface area contributed by atoms with E-state index in [1.807, 2.05) is 37.3 Å². The molecule has 2 aromatic rings. The van der Waals surface area contributed by atoms with Crippen LogP contribution in [0.15, 0.2) is 54.6 Å². The zero-order chi connectivity index (χ0) is 17.9. The van der Waals surface area contributed by atoms with Gasteiger partial charge < -0.3 is 5.32 Å². The quantitative estimate of drug-likeness (QED) is 0.891. The van der Waals surface area contributed by atoms with Crippen LogP contribution < -0.4 is 9.62 Å². The molecule has 2 aromatic carbocycles. The minimum absolute atomic E-state index is 0.0600. The molecule has 132 valence electrons. The summed E-state index contributed by atoms with van der Waals surface area (Å²) in [5.41, 5.74) is 2.30. The van der Waals surface area contributed by atoms with E-state index >= 15 is 0 Å². The molecule has 1 amide bonds. The third-order valence-corrected chi connectivity index (χ3v) is 6.32. The molecule has 1 N–H and O–H groups in total. The van der Waals surface area contributed by atoms with Crippen molar-refractivity contribution in [3.8, 4) is 0 Å². The topological polar surface area (TPSA) is 66.5 Å². The second kappa shape index (κ2) is 7.27. The number of benzene rings is 2. The molecule has 1 aliphatic rings. The summed E-state index contributed by atoms with van der Waals surface area (Å²) in [5, 5.41) is 2.92. The van der Waals surface area contributed by atoms with E-state index in [1.165, 1.54) is 4.31 Å². The highest BCUT2D eigenvalue weighted by atomic mass is 32.2. The van der Waals surface area contributed by atoms with Crippen LogP contribution in [0.4, 0.5) is 11.4 Å². The number of anilines is 2. The molecule has 3 rings (SSSR count). The van der Waals surface area contributed by atoms with Crippen molar-refractivity contribution in [2.45, 2.75) is 25.7 Å². The minimum atomic E-state index is -3.18. The Kier molecular flexibility index (Phi) is 5.08. The molecule has 1 atom stereocenters. The molecule has 6 heteroatoms. The Morgan fingerprint density at radius 2 is 1.80 bits per heavy atom. The Labute approximate surface area is 148 Å². The fourth-order valence-electron chi connectivity index (χ4n) is 3.13. The Balaban J connectivity index is 1.72. The summed E-state index contributed by atoms with van der Waals surface area (Å²) in [7, 11) is -3.18. The number of carbonyl (C=O) groups excluding carboxylic acids is 1. The molecule has 0 unspecified atom stereocenters. The highest BCUT2D eigenvalue weighted by Gasteiger charge is 2.28. The molecule has 0 aromatic heterocycles. The number of hydrogen-bond acceptors (Lipinski definition) is 3. The maximum atomic E-state index is 12.6. The highest BCUT2D eigenvalue weighted by molar-refractivity contribution is 7.93. The predicted octanol–water partition coefficient (Wildman–Crippen LogP) is 3.36. The molecular formula is C19H22N2O3S. The van der Waals surface area contributed by atoms with Crippen LogP contribution in [-0.2, 0) is 14.8 Å². The van der Waals surface area contributed by atoms with Crippen LogP contribution >= 0.6 is 0 Å². The van der Waals surface area contributed by atoms with Crippen molar-refractivity contribution in [3.63, 3.8) is 0 Å². The predicted molar refractivity (Wildman–Crippen MR) is 100 cm³/mol.